The Balaban J connectivity index is 2.90. The molecule has 1 aromatic carbocycles. The topological polar surface area (TPSA) is 17.1 Å². The zero-order valence-corrected chi connectivity index (χ0v) is 9.22. The molecule has 0 N–H and O–H groups in total. The smallest absolute Gasteiger partial charge is 0.168 e. The molecule has 0 saturated carbocycles. The van der Waals surface area contributed by atoms with E-state index in [1.807, 2.05) is 0 Å². The average molecular weight is 224 g/mol. The van der Waals surface area contributed by atoms with Crippen LogP contribution in [0.3, 0.4) is 0 Å². The van der Waals surface area contributed by atoms with Crippen molar-refractivity contribution in [2.45, 2.75) is 26.2 Å². The van der Waals surface area contributed by atoms with E-state index in [1.165, 1.54) is 13.0 Å². The molecule has 0 amide bonds. The largest absolute Gasteiger partial charge is 0.294 e. The number of rotatable bonds is 5. The standard InChI is InChI=1S/C13H14F2O/c1-3-4-5-6-11(16)12-10(14)8-7-9(2)13(12)15/h3,7-8H,1,4-6H2,2H3. The molecular formula is C13H14F2O. The first kappa shape index (κ1) is 12.6. The van der Waals surface area contributed by atoms with Crippen molar-refractivity contribution in [2.24, 2.45) is 0 Å². The molecule has 0 aliphatic rings. The average Bonchev–Trinajstić information content (AvgIpc) is 2.24. The van der Waals surface area contributed by atoms with E-state index in [0.717, 1.165) is 6.07 Å². The number of aryl methyl sites for hydroxylation is 1. The van der Waals surface area contributed by atoms with Gasteiger partial charge < -0.3 is 0 Å². The minimum atomic E-state index is -0.785. The highest BCUT2D eigenvalue weighted by Gasteiger charge is 2.18. The maximum Gasteiger partial charge on any atom is 0.168 e. The van der Waals surface area contributed by atoms with Crippen molar-refractivity contribution in [3.05, 3.63) is 47.5 Å². The highest BCUT2D eigenvalue weighted by molar-refractivity contribution is 5.96. The molecule has 0 aliphatic heterocycles. The Labute approximate surface area is 93.8 Å². The zero-order chi connectivity index (χ0) is 12.1. The lowest BCUT2D eigenvalue weighted by molar-refractivity contribution is 0.0972. The van der Waals surface area contributed by atoms with E-state index < -0.39 is 23.0 Å². The Morgan fingerprint density at radius 3 is 2.75 bits per heavy atom. The van der Waals surface area contributed by atoms with E-state index in [1.54, 1.807) is 6.08 Å². The first-order chi connectivity index (χ1) is 7.57. The summed E-state index contributed by atoms with van der Waals surface area (Å²) in [5, 5.41) is 0. The van der Waals surface area contributed by atoms with E-state index in [0.29, 0.717) is 12.8 Å². The summed E-state index contributed by atoms with van der Waals surface area (Å²) in [6.07, 6.45) is 3.05. The summed E-state index contributed by atoms with van der Waals surface area (Å²) < 4.78 is 26.9. The molecule has 1 aromatic rings. The molecular weight excluding hydrogens is 210 g/mol. The van der Waals surface area contributed by atoms with Crippen LogP contribution in [-0.4, -0.2) is 5.78 Å². The molecule has 0 aromatic heterocycles. The van der Waals surface area contributed by atoms with Gasteiger partial charge in [0.2, 0.25) is 0 Å². The Bertz CT molecular complexity index is 411. The van der Waals surface area contributed by atoms with Crippen LogP contribution in [0.25, 0.3) is 0 Å². The number of carbonyl (C=O) groups excluding carboxylic acids is 1. The van der Waals surface area contributed by atoms with E-state index in [2.05, 4.69) is 6.58 Å². The Morgan fingerprint density at radius 2 is 2.12 bits per heavy atom. The monoisotopic (exact) mass is 224 g/mol. The van der Waals surface area contributed by atoms with Gasteiger partial charge in [-0.25, -0.2) is 8.78 Å². The number of unbranched alkanes of at least 4 members (excludes halogenated alkanes) is 1. The highest BCUT2D eigenvalue weighted by atomic mass is 19.1. The van der Waals surface area contributed by atoms with Gasteiger partial charge in [0.25, 0.3) is 0 Å². The van der Waals surface area contributed by atoms with E-state index >= 15 is 0 Å². The molecule has 3 heteroatoms. The molecule has 1 nitrogen and oxygen atoms in total. The quantitative estimate of drug-likeness (QED) is 0.422. The first-order valence-electron chi connectivity index (χ1n) is 5.16. The van der Waals surface area contributed by atoms with Crippen molar-refractivity contribution in [1.82, 2.24) is 0 Å². The molecule has 0 heterocycles. The van der Waals surface area contributed by atoms with Crippen molar-refractivity contribution in [3.8, 4) is 0 Å². The van der Waals surface area contributed by atoms with E-state index in [9.17, 15) is 13.6 Å². The highest BCUT2D eigenvalue weighted by Crippen LogP contribution is 2.18. The van der Waals surface area contributed by atoms with Crippen LogP contribution >= 0.6 is 0 Å². The van der Waals surface area contributed by atoms with Gasteiger partial charge in [0.05, 0.1) is 5.56 Å². The predicted octanol–water partition coefficient (Wildman–Crippen LogP) is 3.81. The number of halogens is 2. The van der Waals surface area contributed by atoms with E-state index in [-0.39, 0.29) is 12.0 Å². The van der Waals surface area contributed by atoms with Gasteiger partial charge in [0.15, 0.2) is 5.78 Å². The second kappa shape index (κ2) is 5.54. The summed E-state index contributed by atoms with van der Waals surface area (Å²) in [6.45, 7) is 5.03. The lowest BCUT2D eigenvalue weighted by Crippen LogP contribution is -2.07. The Kier molecular flexibility index (Phi) is 4.35. The molecule has 0 fully saturated rings. The normalized spacial score (nSPS) is 10.2. The molecule has 1 rings (SSSR count). The molecule has 0 atom stereocenters. The molecule has 16 heavy (non-hydrogen) atoms. The zero-order valence-electron chi connectivity index (χ0n) is 9.22. The molecule has 86 valence electrons. The number of carbonyl (C=O) groups is 1. The van der Waals surface area contributed by atoms with Gasteiger partial charge in [-0.3, -0.25) is 4.79 Å². The maximum atomic E-state index is 13.5. The van der Waals surface area contributed by atoms with Crippen molar-refractivity contribution >= 4 is 5.78 Å². The number of allylic oxidation sites excluding steroid dienone is 1. The number of ketones is 1. The molecule has 0 unspecified atom stereocenters. The van der Waals surface area contributed by atoms with Gasteiger partial charge in [-0.2, -0.15) is 0 Å². The van der Waals surface area contributed by atoms with Crippen molar-refractivity contribution < 1.29 is 13.6 Å². The summed E-state index contributed by atoms with van der Waals surface area (Å²) in [5.74, 6) is -2.02. The fourth-order valence-electron chi connectivity index (χ4n) is 1.44. The van der Waals surface area contributed by atoms with Crippen LogP contribution in [-0.2, 0) is 0 Å². The Morgan fingerprint density at radius 1 is 1.44 bits per heavy atom. The van der Waals surface area contributed by atoms with Crippen LogP contribution < -0.4 is 0 Å². The first-order valence-corrected chi connectivity index (χ1v) is 5.16. The summed E-state index contributed by atoms with van der Waals surface area (Å²) >= 11 is 0. The van der Waals surface area contributed by atoms with Gasteiger partial charge in [0.1, 0.15) is 11.6 Å². The van der Waals surface area contributed by atoms with Crippen molar-refractivity contribution in [3.63, 3.8) is 0 Å². The minimum Gasteiger partial charge on any atom is -0.294 e. The summed E-state index contributed by atoms with van der Waals surface area (Å²) in [5.41, 5.74) is -0.127. The maximum absolute atomic E-state index is 13.5. The van der Waals surface area contributed by atoms with Crippen molar-refractivity contribution in [2.75, 3.05) is 0 Å². The SMILES string of the molecule is C=CCCCC(=O)c1c(F)ccc(C)c1F. The molecule has 0 saturated heterocycles. The van der Waals surface area contributed by atoms with Gasteiger partial charge in [-0.05, 0) is 31.4 Å². The molecule has 0 radical (unpaired) electrons. The van der Waals surface area contributed by atoms with Crippen LogP contribution in [0.15, 0.2) is 24.8 Å². The third-order valence-corrected chi connectivity index (χ3v) is 2.38. The van der Waals surface area contributed by atoms with Crippen LogP contribution in [0.5, 0.6) is 0 Å². The number of benzene rings is 1. The van der Waals surface area contributed by atoms with Crippen LogP contribution in [0.4, 0.5) is 8.78 Å². The summed E-state index contributed by atoms with van der Waals surface area (Å²) in [4.78, 5) is 11.6. The van der Waals surface area contributed by atoms with Gasteiger partial charge in [-0.15, -0.1) is 6.58 Å². The fourth-order valence-corrected chi connectivity index (χ4v) is 1.44. The number of hydrogen-bond donors (Lipinski definition) is 0. The molecule has 0 aliphatic carbocycles. The minimum absolute atomic E-state index is 0.142. The van der Waals surface area contributed by atoms with Crippen LogP contribution in [0, 0.1) is 18.6 Å². The van der Waals surface area contributed by atoms with Crippen LogP contribution in [0.2, 0.25) is 0 Å². The summed E-state index contributed by atoms with van der Waals surface area (Å²) in [6, 6.07) is 2.45. The third-order valence-electron chi connectivity index (χ3n) is 2.38. The predicted molar refractivity (Wildman–Crippen MR) is 59.5 cm³/mol. The number of Topliss-reactive ketones (excluding diaryl/α,β-unsaturated/α-hetero) is 1. The lowest BCUT2D eigenvalue weighted by atomic mass is 10.0. The van der Waals surface area contributed by atoms with E-state index in [4.69, 9.17) is 0 Å². The second-order valence-corrected chi connectivity index (χ2v) is 3.66. The lowest BCUT2D eigenvalue weighted by Gasteiger charge is -2.05. The third kappa shape index (κ3) is 2.75. The van der Waals surface area contributed by atoms with Gasteiger partial charge in [-0.1, -0.05) is 12.1 Å². The van der Waals surface area contributed by atoms with Crippen LogP contribution in [0.1, 0.15) is 35.2 Å². The van der Waals surface area contributed by atoms with Gasteiger partial charge >= 0.3 is 0 Å². The molecule has 0 spiro atoms. The molecule has 0 bridgehead atoms. The fraction of sp³-hybridized carbons (Fsp3) is 0.308. The van der Waals surface area contributed by atoms with Crippen molar-refractivity contribution in [1.29, 1.82) is 0 Å². The Hall–Kier alpha value is -1.51. The summed E-state index contributed by atoms with van der Waals surface area (Å²) in [7, 11) is 0. The number of hydrogen-bond acceptors (Lipinski definition) is 1. The van der Waals surface area contributed by atoms with Gasteiger partial charge in [0, 0.05) is 6.42 Å². The second-order valence-electron chi connectivity index (χ2n) is 3.66.